The molecule has 0 unspecified atom stereocenters. The second kappa shape index (κ2) is 4.92. The van der Waals surface area contributed by atoms with Gasteiger partial charge in [-0.25, -0.2) is 0 Å². The standard InChI is InChI=1S/C15H14N2O3/c18-13(19)7-10-8-17(9-10)15(20)14-12-4-2-1-3-11(12)5-6-16-14/h1-6,10H,7-9H2,(H,18,19). The lowest BCUT2D eigenvalue weighted by atomic mass is 9.95. The van der Waals surface area contributed by atoms with Crippen LogP contribution in [0.4, 0.5) is 0 Å². The van der Waals surface area contributed by atoms with Crippen LogP contribution in [0.3, 0.4) is 0 Å². The van der Waals surface area contributed by atoms with Gasteiger partial charge >= 0.3 is 5.97 Å². The molecule has 1 fully saturated rings. The molecule has 0 bridgehead atoms. The zero-order chi connectivity index (χ0) is 14.1. The average molecular weight is 270 g/mol. The third-order valence-corrected chi connectivity index (χ3v) is 3.58. The molecule has 2 aromatic rings. The number of pyridine rings is 1. The minimum absolute atomic E-state index is 0.0615. The largest absolute Gasteiger partial charge is 0.481 e. The summed E-state index contributed by atoms with van der Waals surface area (Å²) >= 11 is 0. The van der Waals surface area contributed by atoms with Gasteiger partial charge in [-0.15, -0.1) is 0 Å². The predicted octanol–water partition coefficient (Wildman–Crippen LogP) is 1.78. The Kier molecular flexibility index (Phi) is 3.10. The second-order valence-corrected chi connectivity index (χ2v) is 5.05. The summed E-state index contributed by atoms with van der Waals surface area (Å²) in [4.78, 5) is 28.8. The molecule has 0 atom stereocenters. The molecule has 1 aromatic carbocycles. The van der Waals surface area contributed by atoms with Crippen LogP contribution >= 0.6 is 0 Å². The molecule has 1 aromatic heterocycles. The minimum Gasteiger partial charge on any atom is -0.481 e. The summed E-state index contributed by atoms with van der Waals surface area (Å²) < 4.78 is 0. The quantitative estimate of drug-likeness (QED) is 0.923. The molecule has 5 heteroatoms. The number of carbonyl (C=O) groups excluding carboxylic acids is 1. The highest BCUT2D eigenvalue weighted by atomic mass is 16.4. The fourth-order valence-electron chi connectivity index (χ4n) is 2.55. The number of carbonyl (C=O) groups is 2. The zero-order valence-corrected chi connectivity index (χ0v) is 10.8. The van der Waals surface area contributed by atoms with E-state index < -0.39 is 5.97 Å². The van der Waals surface area contributed by atoms with Gasteiger partial charge in [0.1, 0.15) is 5.69 Å². The number of amides is 1. The topological polar surface area (TPSA) is 70.5 Å². The molecule has 0 spiro atoms. The van der Waals surface area contributed by atoms with Crippen LogP contribution < -0.4 is 0 Å². The van der Waals surface area contributed by atoms with E-state index in [1.165, 1.54) is 0 Å². The van der Waals surface area contributed by atoms with Crippen molar-refractivity contribution in [3.63, 3.8) is 0 Å². The minimum atomic E-state index is -0.814. The summed E-state index contributed by atoms with van der Waals surface area (Å²) in [5, 5.41) is 10.5. The van der Waals surface area contributed by atoms with E-state index in [1.54, 1.807) is 11.1 Å². The van der Waals surface area contributed by atoms with Crippen LogP contribution in [0, 0.1) is 5.92 Å². The first-order chi connectivity index (χ1) is 9.65. The maximum atomic E-state index is 12.4. The van der Waals surface area contributed by atoms with Crippen molar-refractivity contribution in [1.82, 2.24) is 9.88 Å². The molecule has 102 valence electrons. The van der Waals surface area contributed by atoms with Crippen LogP contribution in [0.1, 0.15) is 16.9 Å². The van der Waals surface area contributed by atoms with Crippen molar-refractivity contribution in [2.24, 2.45) is 5.92 Å². The number of carboxylic acids is 1. The first kappa shape index (κ1) is 12.6. The van der Waals surface area contributed by atoms with Gasteiger partial charge in [0.05, 0.1) is 6.42 Å². The van der Waals surface area contributed by atoms with Crippen LogP contribution in [0.25, 0.3) is 10.8 Å². The lowest BCUT2D eigenvalue weighted by molar-refractivity contribution is -0.139. The molecule has 0 saturated carbocycles. The molecule has 2 heterocycles. The lowest BCUT2D eigenvalue weighted by Crippen LogP contribution is -2.50. The Bertz CT molecular complexity index is 672. The van der Waals surface area contributed by atoms with Crippen molar-refractivity contribution < 1.29 is 14.7 Å². The van der Waals surface area contributed by atoms with Gasteiger partial charge in [0, 0.05) is 30.6 Å². The van der Waals surface area contributed by atoms with Crippen LogP contribution in [-0.4, -0.2) is 40.0 Å². The number of fused-ring (bicyclic) bond motifs is 1. The molecular formula is C15H14N2O3. The normalized spacial score (nSPS) is 15.1. The van der Waals surface area contributed by atoms with E-state index in [9.17, 15) is 9.59 Å². The number of hydrogen-bond donors (Lipinski definition) is 1. The van der Waals surface area contributed by atoms with Crippen LogP contribution in [-0.2, 0) is 4.79 Å². The SMILES string of the molecule is O=C(O)CC1CN(C(=O)c2nccc3ccccc23)C1. The number of nitrogens with zero attached hydrogens (tertiary/aromatic N) is 2. The van der Waals surface area contributed by atoms with E-state index in [-0.39, 0.29) is 18.2 Å². The third kappa shape index (κ3) is 2.22. The Hall–Kier alpha value is -2.43. The summed E-state index contributed by atoms with van der Waals surface area (Å²) in [6.07, 6.45) is 1.75. The summed E-state index contributed by atoms with van der Waals surface area (Å²) in [5.41, 5.74) is 0.442. The van der Waals surface area contributed by atoms with Crippen molar-refractivity contribution in [3.05, 3.63) is 42.2 Å². The zero-order valence-electron chi connectivity index (χ0n) is 10.8. The molecule has 1 amide bonds. The highest BCUT2D eigenvalue weighted by Gasteiger charge is 2.33. The van der Waals surface area contributed by atoms with E-state index in [2.05, 4.69) is 4.98 Å². The third-order valence-electron chi connectivity index (χ3n) is 3.58. The first-order valence-electron chi connectivity index (χ1n) is 6.50. The molecule has 1 N–H and O–H groups in total. The summed E-state index contributed by atoms with van der Waals surface area (Å²) in [7, 11) is 0. The van der Waals surface area contributed by atoms with Gasteiger partial charge in [0.25, 0.3) is 5.91 Å². The van der Waals surface area contributed by atoms with Crippen molar-refractivity contribution in [2.45, 2.75) is 6.42 Å². The van der Waals surface area contributed by atoms with Gasteiger partial charge in [-0.05, 0) is 11.5 Å². The summed E-state index contributed by atoms with van der Waals surface area (Å²) in [6.45, 7) is 0.992. The highest BCUT2D eigenvalue weighted by Crippen LogP contribution is 2.24. The molecular weight excluding hydrogens is 256 g/mol. The Labute approximate surface area is 115 Å². The van der Waals surface area contributed by atoms with E-state index >= 15 is 0 Å². The van der Waals surface area contributed by atoms with Crippen molar-refractivity contribution in [2.75, 3.05) is 13.1 Å². The van der Waals surface area contributed by atoms with E-state index in [0.717, 1.165) is 10.8 Å². The van der Waals surface area contributed by atoms with E-state index in [0.29, 0.717) is 18.8 Å². The molecule has 3 rings (SSSR count). The second-order valence-electron chi connectivity index (χ2n) is 5.05. The number of aromatic nitrogens is 1. The van der Waals surface area contributed by atoms with Gasteiger partial charge < -0.3 is 10.0 Å². The summed E-state index contributed by atoms with van der Waals surface area (Å²) in [6, 6.07) is 9.49. The predicted molar refractivity (Wildman–Crippen MR) is 73.4 cm³/mol. The molecule has 5 nitrogen and oxygen atoms in total. The number of benzene rings is 1. The maximum absolute atomic E-state index is 12.4. The molecule has 1 aliphatic rings. The van der Waals surface area contributed by atoms with Gasteiger partial charge in [-0.3, -0.25) is 14.6 Å². The van der Waals surface area contributed by atoms with Crippen LogP contribution in [0.5, 0.6) is 0 Å². The van der Waals surface area contributed by atoms with E-state index in [4.69, 9.17) is 5.11 Å². The monoisotopic (exact) mass is 270 g/mol. The average Bonchev–Trinajstić information content (AvgIpc) is 2.41. The number of likely N-dealkylation sites (tertiary alicyclic amines) is 1. The smallest absolute Gasteiger partial charge is 0.303 e. The Morgan fingerprint density at radius 2 is 2.00 bits per heavy atom. The summed E-state index contributed by atoms with van der Waals surface area (Å²) in [5.74, 6) is -0.875. The van der Waals surface area contributed by atoms with Crippen LogP contribution in [0.15, 0.2) is 36.5 Å². The fourth-order valence-corrected chi connectivity index (χ4v) is 2.55. The number of rotatable bonds is 3. The number of aliphatic carboxylic acids is 1. The van der Waals surface area contributed by atoms with Gasteiger partial charge in [-0.1, -0.05) is 24.3 Å². The van der Waals surface area contributed by atoms with Crippen molar-refractivity contribution in [1.29, 1.82) is 0 Å². The van der Waals surface area contributed by atoms with E-state index in [1.807, 2.05) is 30.3 Å². The maximum Gasteiger partial charge on any atom is 0.303 e. The number of hydrogen-bond acceptors (Lipinski definition) is 3. The van der Waals surface area contributed by atoms with Crippen LogP contribution in [0.2, 0.25) is 0 Å². The fraction of sp³-hybridized carbons (Fsp3) is 0.267. The van der Waals surface area contributed by atoms with Gasteiger partial charge in [0.15, 0.2) is 0 Å². The molecule has 0 aliphatic carbocycles. The first-order valence-corrected chi connectivity index (χ1v) is 6.50. The highest BCUT2D eigenvalue weighted by molar-refractivity contribution is 6.05. The van der Waals surface area contributed by atoms with Gasteiger partial charge in [0.2, 0.25) is 0 Å². The van der Waals surface area contributed by atoms with Crippen molar-refractivity contribution >= 4 is 22.6 Å². The molecule has 20 heavy (non-hydrogen) atoms. The van der Waals surface area contributed by atoms with Gasteiger partial charge in [-0.2, -0.15) is 0 Å². The Balaban J connectivity index is 1.79. The molecule has 0 radical (unpaired) electrons. The Morgan fingerprint density at radius 1 is 1.25 bits per heavy atom. The van der Waals surface area contributed by atoms with Crippen molar-refractivity contribution in [3.8, 4) is 0 Å². The lowest BCUT2D eigenvalue weighted by Gasteiger charge is -2.38. The molecule has 1 saturated heterocycles. The molecule has 1 aliphatic heterocycles. The number of carboxylic acid groups (broad SMARTS) is 1. The Morgan fingerprint density at radius 3 is 2.75 bits per heavy atom.